The maximum absolute atomic E-state index is 12.1. The van der Waals surface area contributed by atoms with Crippen LogP contribution in [0.4, 0.5) is 17.5 Å². The number of nitrogens with two attached hydrogens (primary N) is 3. The van der Waals surface area contributed by atoms with E-state index in [1.54, 1.807) is 99.2 Å². The molecule has 0 radical (unpaired) electrons. The van der Waals surface area contributed by atoms with E-state index in [2.05, 4.69) is 46.8 Å². The number of amides is 3. The minimum Gasteiger partial charge on any atom is -0.459 e. The van der Waals surface area contributed by atoms with Gasteiger partial charge in [0, 0.05) is 72.0 Å². The van der Waals surface area contributed by atoms with Gasteiger partial charge >= 0.3 is 7.12 Å². The molecular weight excluding hydrogens is 1390 g/mol. The highest BCUT2D eigenvalue weighted by Gasteiger charge is 2.17. The van der Waals surface area contributed by atoms with Crippen molar-refractivity contribution in [2.75, 3.05) is 17.2 Å². The first-order chi connectivity index (χ1) is 46.0. The first-order valence-corrected chi connectivity index (χ1v) is 32.8. The van der Waals surface area contributed by atoms with Crippen LogP contribution in [0.5, 0.6) is 0 Å². The molecule has 96 heavy (non-hydrogen) atoms. The van der Waals surface area contributed by atoms with E-state index in [9.17, 15) is 28.8 Å². The van der Waals surface area contributed by atoms with E-state index in [0.29, 0.717) is 70.5 Å². The molecule has 11 N–H and O–H groups in total. The van der Waals surface area contributed by atoms with Crippen LogP contribution in [0.1, 0.15) is 83.8 Å². The number of furan rings is 3. The number of benzene rings is 3. The van der Waals surface area contributed by atoms with E-state index in [4.69, 9.17) is 63.7 Å². The number of nitrogen functional groups attached to an aromatic ring is 3. The fourth-order valence-corrected chi connectivity index (χ4v) is 12.5. The Morgan fingerprint density at radius 1 is 0.490 bits per heavy atom. The smallest absolute Gasteiger partial charge is 0.459 e. The number of nitrogens with zero attached hydrogens (tertiary/aromatic N) is 3. The maximum atomic E-state index is 12.1. The zero-order chi connectivity index (χ0) is 68.6. The van der Waals surface area contributed by atoms with Crippen molar-refractivity contribution < 1.29 is 52.1 Å². The van der Waals surface area contributed by atoms with Crippen LogP contribution < -0.4 is 37.9 Å². The van der Waals surface area contributed by atoms with Crippen LogP contribution in [0.3, 0.4) is 0 Å². The van der Waals surface area contributed by atoms with E-state index in [0.717, 1.165) is 80.0 Å². The number of anilines is 3. The minimum absolute atomic E-state index is 0.0338. The van der Waals surface area contributed by atoms with Gasteiger partial charge in [-0.05, 0) is 194 Å². The van der Waals surface area contributed by atoms with Crippen LogP contribution in [0.2, 0.25) is 10.0 Å². The summed E-state index contributed by atoms with van der Waals surface area (Å²) in [5.41, 5.74) is 22.8. The van der Waals surface area contributed by atoms with Gasteiger partial charge in [-0.2, -0.15) is 0 Å². The molecule has 27 heteroatoms. The molecule has 12 aromatic rings. The zero-order valence-corrected chi connectivity index (χ0v) is 56.6. The Kier molecular flexibility index (Phi) is 24.0. The van der Waals surface area contributed by atoms with Crippen molar-refractivity contribution in [2.24, 2.45) is 0 Å². The van der Waals surface area contributed by atoms with Gasteiger partial charge in [0.05, 0.1) is 44.3 Å². The molecule has 9 aromatic heterocycles. The molecule has 12 rings (SSSR count). The number of aromatic nitrogens is 3. The number of ketones is 3. The summed E-state index contributed by atoms with van der Waals surface area (Å²) >= 11 is 19.9. The quantitative estimate of drug-likeness (QED) is 0.0225. The van der Waals surface area contributed by atoms with Gasteiger partial charge in [-0.1, -0.05) is 45.2 Å². The van der Waals surface area contributed by atoms with E-state index in [1.165, 1.54) is 53.9 Å². The molecule has 0 aliphatic heterocycles. The fraction of sp³-hybridized carbons (Fsp3) is 0.0870. The molecule has 486 valence electrons. The predicted molar refractivity (Wildman–Crippen MR) is 386 cm³/mol. The molecule has 0 saturated heterocycles. The van der Waals surface area contributed by atoms with Gasteiger partial charge in [-0.3, -0.25) is 28.8 Å². The Morgan fingerprint density at radius 2 is 0.896 bits per heavy atom. The molecule has 20 nitrogen and oxygen atoms in total. The fourth-order valence-electron chi connectivity index (χ4n) is 8.75. The summed E-state index contributed by atoms with van der Waals surface area (Å²) in [6, 6.07) is 39.9. The highest BCUT2D eigenvalue weighted by atomic mass is 79.9. The van der Waals surface area contributed by atoms with Crippen LogP contribution in [-0.2, 0) is 34.0 Å². The first-order valence-electron chi connectivity index (χ1n) is 28.8. The third-order valence-electron chi connectivity index (χ3n) is 13.5. The molecular formula is C69H57BBrCl2N9O11S3. The van der Waals surface area contributed by atoms with E-state index in [-0.39, 0.29) is 54.7 Å². The second-order valence-electron chi connectivity index (χ2n) is 20.8. The van der Waals surface area contributed by atoms with Crippen molar-refractivity contribution in [1.29, 1.82) is 0 Å². The Labute approximate surface area is 579 Å². The van der Waals surface area contributed by atoms with Crippen molar-refractivity contribution in [1.82, 2.24) is 30.9 Å². The highest BCUT2D eigenvalue weighted by molar-refractivity contribution is 9.10. The summed E-state index contributed by atoms with van der Waals surface area (Å²) in [4.78, 5) is 85.7. The number of hydrogen-bond acceptors (Lipinski definition) is 20. The summed E-state index contributed by atoms with van der Waals surface area (Å²) in [7, 11) is -1.46. The Morgan fingerprint density at radius 3 is 1.31 bits per heavy atom. The van der Waals surface area contributed by atoms with Crippen LogP contribution in [-0.4, -0.2) is 67.2 Å². The minimum atomic E-state index is -1.46. The largest absolute Gasteiger partial charge is 0.499 e. The van der Waals surface area contributed by atoms with Crippen LogP contribution in [0.15, 0.2) is 188 Å². The molecule has 0 aliphatic rings. The highest BCUT2D eigenvalue weighted by Crippen LogP contribution is 2.37. The molecule has 0 bridgehead atoms. The third kappa shape index (κ3) is 20.0. The third-order valence-corrected chi connectivity index (χ3v) is 18.2. The van der Waals surface area contributed by atoms with Crippen LogP contribution in [0.25, 0.3) is 72.0 Å². The second kappa shape index (κ2) is 32.9. The van der Waals surface area contributed by atoms with Gasteiger partial charge in [0.25, 0.3) is 0 Å². The molecule has 0 fully saturated rings. The number of thiophene rings is 3. The number of carbonyl (C=O) groups excluding carboxylic acids is 6. The number of halogens is 3. The first kappa shape index (κ1) is 70.2. The lowest BCUT2D eigenvalue weighted by atomic mass is 9.90. The number of carbonyl (C=O) groups is 6. The zero-order valence-electron chi connectivity index (χ0n) is 51.1. The molecule has 9 heterocycles. The molecule has 0 atom stereocenters. The van der Waals surface area contributed by atoms with Crippen molar-refractivity contribution in [2.45, 2.75) is 40.4 Å². The van der Waals surface area contributed by atoms with Gasteiger partial charge in [0.15, 0.2) is 28.5 Å². The second-order valence-corrected chi connectivity index (χ2v) is 25.9. The average Bonchev–Trinajstić information content (AvgIpc) is 1.73. The van der Waals surface area contributed by atoms with Crippen LogP contribution in [0, 0.1) is 0 Å². The van der Waals surface area contributed by atoms with Crippen molar-refractivity contribution in [3.63, 3.8) is 0 Å². The molecule has 3 aromatic carbocycles. The lowest BCUT2D eigenvalue weighted by Gasteiger charge is -2.00. The Bertz CT molecular complexity index is 4900. The number of nitrogens with one attached hydrogen (secondary N) is 3. The molecule has 3 amide bonds. The molecule has 0 saturated carbocycles. The standard InChI is InChI=1S/C23H18ClN3O3S.C23H19N3O3S.C17H13BrClN3O2.C6H7BO3S/c1-13(28)19-4-5-20(31-19)15-8-16-9-17(30-23(16)18(24)10-15)12-27-22(29)7-3-14-2-6-21(25)26-11-14;1-14(27)20-6-7-21(30-20)16-4-5-19-17(10-16)11-18(29-19)13-26-23(28)9-3-15-2-8-22(24)25-12-15;18-12-5-11-6-13(24-17(11)14(19)7-12)9-22-16(23)4-2-10-1-3-15(20)21-8-10;1-4(8)5-2-3-6(11-5)7(9)10/h2-11H,12H2,1H3,(H2,25,26)(H,27,29);2-12H,13H2,1H3,(H2,24,25)(H,26,28);1-8H,9H2,(H2,20,21)(H,22,23);2-3,9-10H,1H3/b7-3+;9-3+;4-2+;. The summed E-state index contributed by atoms with van der Waals surface area (Å²) in [6.07, 6.45) is 14.1. The van der Waals surface area contributed by atoms with Crippen molar-refractivity contribution in [3.05, 3.63) is 233 Å². The Balaban J connectivity index is 0.000000157. The monoisotopic (exact) mass is 1440 g/mol. The van der Waals surface area contributed by atoms with E-state index in [1.807, 2.05) is 78.9 Å². The summed E-state index contributed by atoms with van der Waals surface area (Å²) in [6.45, 7) is 5.32. The van der Waals surface area contributed by atoms with Gasteiger partial charge < -0.3 is 56.5 Å². The van der Waals surface area contributed by atoms with Crippen molar-refractivity contribution >= 4 is 189 Å². The topological polar surface area (TPSA) is 335 Å². The maximum Gasteiger partial charge on any atom is 0.499 e. The van der Waals surface area contributed by atoms with Crippen LogP contribution >= 0.6 is 73.1 Å². The average molecular weight is 1450 g/mol. The predicted octanol–water partition coefficient (Wildman–Crippen LogP) is 13.8. The number of rotatable bonds is 18. The van der Waals surface area contributed by atoms with E-state index < -0.39 is 7.12 Å². The van der Waals surface area contributed by atoms with E-state index >= 15 is 0 Å². The van der Waals surface area contributed by atoms with Crippen molar-refractivity contribution in [3.8, 4) is 20.9 Å². The SMILES string of the molecule is CC(=O)c1ccc(-c2cc(Cl)c3oc(CNC(=O)/C=C/c4ccc(N)nc4)cc3c2)s1.CC(=O)c1ccc(-c2ccc3oc(CNC(=O)/C=C/c4ccc(N)nc4)cc3c2)s1.CC(=O)c1ccc(B(O)O)s1.Nc1ccc(/C=C/C(=O)NCc2cc3cc(Br)cc(Cl)c3o2)cn1. The van der Waals surface area contributed by atoms with Gasteiger partial charge in [0.2, 0.25) is 17.7 Å². The number of pyridine rings is 3. The van der Waals surface area contributed by atoms with Gasteiger partial charge in [-0.15, -0.1) is 34.0 Å². The number of fused-ring (bicyclic) bond motifs is 3. The molecule has 0 aliphatic carbocycles. The summed E-state index contributed by atoms with van der Waals surface area (Å²) < 4.78 is 18.6. The summed E-state index contributed by atoms with van der Waals surface area (Å²) in [5, 5.41) is 29.3. The normalized spacial score (nSPS) is 11.1. The molecule has 0 spiro atoms. The summed E-state index contributed by atoms with van der Waals surface area (Å²) in [5.74, 6) is 2.47. The number of Topliss-reactive ketones (excluding diaryl/α,β-unsaturated/α-hetero) is 3. The number of hydrogen-bond donors (Lipinski definition) is 8. The lowest BCUT2D eigenvalue weighted by molar-refractivity contribution is -0.117. The lowest BCUT2D eigenvalue weighted by Crippen LogP contribution is -2.26. The Hall–Kier alpha value is -10.1. The van der Waals surface area contributed by atoms with Gasteiger partial charge in [-0.25, -0.2) is 15.0 Å². The van der Waals surface area contributed by atoms with Gasteiger partial charge in [0.1, 0.15) is 40.3 Å². The molecule has 0 unspecified atom stereocenters.